The number of amides is 1. The Morgan fingerprint density at radius 3 is 1.96 bits per heavy atom. The molecule has 0 saturated heterocycles. The SMILES string of the molecule is NS(=O)(=O)c1ccc(C(=O)NCc2c(F)c(F)cc(F)c2F)cc1. The lowest BCUT2D eigenvalue weighted by atomic mass is 10.1. The molecule has 0 aliphatic carbocycles. The fourth-order valence-corrected chi connectivity index (χ4v) is 2.36. The number of hydrogen-bond acceptors (Lipinski definition) is 3. The topological polar surface area (TPSA) is 89.3 Å². The molecule has 0 fully saturated rings. The Bertz CT molecular complexity index is 873. The second-order valence-electron chi connectivity index (χ2n) is 4.70. The number of sulfonamides is 1. The highest BCUT2D eigenvalue weighted by molar-refractivity contribution is 7.89. The van der Waals surface area contributed by atoms with Crippen LogP contribution in [0.15, 0.2) is 35.2 Å². The second kappa shape index (κ2) is 6.57. The molecule has 0 atom stereocenters. The third-order valence-electron chi connectivity index (χ3n) is 3.07. The number of nitrogens with two attached hydrogens (primary N) is 1. The largest absolute Gasteiger partial charge is 0.348 e. The van der Waals surface area contributed by atoms with Gasteiger partial charge < -0.3 is 5.32 Å². The Kier molecular flexibility index (Phi) is 4.90. The van der Waals surface area contributed by atoms with E-state index in [9.17, 15) is 30.8 Å². The van der Waals surface area contributed by atoms with Gasteiger partial charge in [0.1, 0.15) is 0 Å². The summed E-state index contributed by atoms with van der Waals surface area (Å²) in [7, 11) is -3.94. The molecule has 0 spiro atoms. The van der Waals surface area contributed by atoms with Gasteiger partial charge in [0.25, 0.3) is 5.91 Å². The lowest BCUT2D eigenvalue weighted by molar-refractivity contribution is 0.0950. The van der Waals surface area contributed by atoms with Gasteiger partial charge in [-0.25, -0.2) is 31.1 Å². The van der Waals surface area contributed by atoms with Gasteiger partial charge in [0.05, 0.1) is 4.90 Å². The first-order valence-electron chi connectivity index (χ1n) is 6.34. The van der Waals surface area contributed by atoms with Crippen LogP contribution in [0, 0.1) is 23.3 Å². The standard InChI is InChI=1S/C14H10F4N2O3S/c15-10-5-11(16)13(18)9(12(10)17)6-20-14(21)7-1-3-8(4-2-7)24(19,22)23/h1-5H,6H2,(H,20,21)(H2,19,22,23). The number of rotatable bonds is 4. The summed E-state index contributed by atoms with van der Waals surface area (Å²) in [5, 5.41) is 6.97. The van der Waals surface area contributed by atoms with Gasteiger partial charge in [-0.15, -0.1) is 0 Å². The molecule has 0 unspecified atom stereocenters. The van der Waals surface area contributed by atoms with Crippen molar-refractivity contribution in [3.05, 3.63) is 64.7 Å². The maximum absolute atomic E-state index is 13.5. The molecular formula is C14H10F4N2O3S. The van der Waals surface area contributed by atoms with Crippen LogP contribution in [-0.2, 0) is 16.6 Å². The van der Waals surface area contributed by atoms with E-state index in [2.05, 4.69) is 5.32 Å². The van der Waals surface area contributed by atoms with E-state index in [0.717, 1.165) is 24.3 Å². The van der Waals surface area contributed by atoms with Crippen molar-refractivity contribution in [3.63, 3.8) is 0 Å². The van der Waals surface area contributed by atoms with E-state index in [0.29, 0.717) is 0 Å². The highest BCUT2D eigenvalue weighted by atomic mass is 32.2. The van der Waals surface area contributed by atoms with Crippen molar-refractivity contribution in [2.45, 2.75) is 11.4 Å². The zero-order valence-corrected chi connectivity index (χ0v) is 12.6. The Morgan fingerprint density at radius 2 is 1.50 bits per heavy atom. The average molecular weight is 362 g/mol. The second-order valence-corrected chi connectivity index (χ2v) is 6.26. The van der Waals surface area contributed by atoms with Crippen molar-refractivity contribution in [2.24, 2.45) is 5.14 Å². The minimum absolute atomic E-state index is 0.0416. The summed E-state index contributed by atoms with van der Waals surface area (Å²) in [6.07, 6.45) is 0. The van der Waals surface area contributed by atoms with E-state index in [1.54, 1.807) is 0 Å². The van der Waals surface area contributed by atoms with Crippen molar-refractivity contribution in [2.75, 3.05) is 0 Å². The molecule has 1 amide bonds. The molecule has 0 aliphatic rings. The third-order valence-corrected chi connectivity index (χ3v) is 4.00. The summed E-state index contributed by atoms with van der Waals surface area (Å²) < 4.78 is 75.2. The number of carbonyl (C=O) groups excluding carboxylic acids is 1. The molecule has 2 rings (SSSR count). The molecule has 5 nitrogen and oxygen atoms in total. The Hall–Kier alpha value is -2.46. The van der Waals surface area contributed by atoms with Crippen LogP contribution >= 0.6 is 0 Å². The number of carbonyl (C=O) groups is 1. The number of nitrogens with one attached hydrogen (secondary N) is 1. The fraction of sp³-hybridized carbons (Fsp3) is 0.0714. The number of primary sulfonamides is 1. The molecule has 0 saturated carbocycles. The Labute approximate surface area is 134 Å². The number of hydrogen-bond donors (Lipinski definition) is 2. The van der Waals surface area contributed by atoms with E-state index in [-0.39, 0.29) is 16.5 Å². The molecule has 0 aliphatic heterocycles. The molecule has 2 aromatic rings. The van der Waals surface area contributed by atoms with Gasteiger partial charge in [-0.1, -0.05) is 0 Å². The monoisotopic (exact) mass is 362 g/mol. The van der Waals surface area contributed by atoms with E-state index >= 15 is 0 Å². The van der Waals surface area contributed by atoms with Gasteiger partial charge in [0.15, 0.2) is 23.3 Å². The molecule has 3 N–H and O–H groups in total. The van der Waals surface area contributed by atoms with Gasteiger partial charge in [0.2, 0.25) is 10.0 Å². The zero-order chi connectivity index (χ0) is 18.1. The molecule has 2 aromatic carbocycles. The molecule has 0 radical (unpaired) electrons. The number of halogens is 4. The van der Waals surface area contributed by atoms with Crippen LogP contribution in [0.25, 0.3) is 0 Å². The summed E-state index contributed by atoms with van der Waals surface area (Å²) in [6, 6.07) is 4.42. The van der Waals surface area contributed by atoms with Crippen molar-refractivity contribution < 1.29 is 30.8 Å². The lowest BCUT2D eigenvalue weighted by Crippen LogP contribution is -2.24. The molecule has 10 heteroatoms. The molecule has 24 heavy (non-hydrogen) atoms. The minimum Gasteiger partial charge on any atom is -0.348 e. The predicted molar refractivity (Wildman–Crippen MR) is 75.3 cm³/mol. The smallest absolute Gasteiger partial charge is 0.251 e. The van der Waals surface area contributed by atoms with Gasteiger partial charge in [-0.05, 0) is 24.3 Å². The zero-order valence-electron chi connectivity index (χ0n) is 11.8. The maximum atomic E-state index is 13.5. The first-order valence-corrected chi connectivity index (χ1v) is 7.89. The van der Waals surface area contributed by atoms with E-state index in [1.165, 1.54) is 0 Å². The minimum atomic E-state index is -3.94. The molecule has 0 heterocycles. The van der Waals surface area contributed by atoms with Gasteiger partial charge in [-0.3, -0.25) is 4.79 Å². The summed E-state index contributed by atoms with van der Waals surface area (Å²) in [4.78, 5) is 11.6. The van der Waals surface area contributed by atoms with Crippen molar-refractivity contribution in [1.29, 1.82) is 0 Å². The van der Waals surface area contributed by atoms with Crippen LogP contribution < -0.4 is 10.5 Å². The summed E-state index contributed by atoms with van der Waals surface area (Å²) in [6.45, 7) is -0.803. The maximum Gasteiger partial charge on any atom is 0.251 e. The quantitative estimate of drug-likeness (QED) is 0.642. The molecule has 0 bridgehead atoms. The van der Waals surface area contributed by atoms with Gasteiger partial charge in [-0.2, -0.15) is 0 Å². The van der Waals surface area contributed by atoms with E-state index in [1.807, 2.05) is 0 Å². The Morgan fingerprint density at radius 1 is 1.00 bits per heavy atom. The molecule has 128 valence electrons. The third kappa shape index (κ3) is 3.71. The van der Waals surface area contributed by atoms with Crippen LogP contribution in [0.4, 0.5) is 17.6 Å². The van der Waals surface area contributed by atoms with Crippen molar-refractivity contribution in [3.8, 4) is 0 Å². The highest BCUT2D eigenvalue weighted by Gasteiger charge is 2.19. The van der Waals surface area contributed by atoms with Crippen LogP contribution in [0.3, 0.4) is 0 Å². The molecule has 0 aromatic heterocycles. The van der Waals surface area contributed by atoms with Gasteiger partial charge in [0, 0.05) is 23.7 Å². The van der Waals surface area contributed by atoms with Crippen LogP contribution in [-0.4, -0.2) is 14.3 Å². The van der Waals surface area contributed by atoms with Crippen LogP contribution in [0.1, 0.15) is 15.9 Å². The van der Waals surface area contributed by atoms with Gasteiger partial charge >= 0.3 is 0 Å². The van der Waals surface area contributed by atoms with Crippen molar-refractivity contribution >= 4 is 15.9 Å². The predicted octanol–water partition coefficient (Wildman–Crippen LogP) is 1.82. The summed E-state index contributed by atoms with van der Waals surface area (Å²) >= 11 is 0. The normalized spacial score (nSPS) is 11.4. The molecular weight excluding hydrogens is 352 g/mol. The fourth-order valence-electron chi connectivity index (χ4n) is 1.84. The van der Waals surface area contributed by atoms with Crippen LogP contribution in [0.2, 0.25) is 0 Å². The van der Waals surface area contributed by atoms with E-state index < -0.39 is 51.3 Å². The first kappa shape index (κ1) is 17.9. The van der Waals surface area contributed by atoms with Crippen molar-refractivity contribution in [1.82, 2.24) is 5.32 Å². The highest BCUT2D eigenvalue weighted by Crippen LogP contribution is 2.19. The first-order chi connectivity index (χ1) is 11.1. The number of benzene rings is 2. The lowest BCUT2D eigenvalue weighted by Gasteiger charge is -2.09. The van der Waals surface area contributed by atoms with Crippen LogP contribution in [0.5, 0.6) is 0 Å². The summed E-state index contributed by atoms with van der Waals surface area (Å²) in [5.74, 6) is -7.23. The van der Waals surface area contributed by atoms with E-state index in [4.69, 9.17) is 5.14 Å². The Balaban J connectivity index is 2.17. The summed E-state index contributed by atoms with van der Waals surface area (Å²) in [5.41, 5.74) is -1.01. The average Bonchev–Trinajstić information content (AvgIpc) is 2.52.